The Balaban J connectivity index is 1.21. The number of aryl methyl sites for hydroxylation is 1. The normalized spacial score (nSPS) is 18.2. The van der Waals surface area contributed by atoms with E-state index < -0.39 is 46.9 Å². The first kappa shape index (κ1) is 30.3. The van der Waals surface area contributed by atoms with Gasteiger partial charge in [0.15, 0.2) is 10.1 Å². The fourth-order valence-electron chi connectivity index (χ4n) is 4.89. The van der Waals surface area contributed by atoms with Gasteiger partial charge in [-0.15, -0.1) is 22.0 Å². The number of carboxylic acids is 1. The predicted octanol–water partition coefficient (Wildman–Crippen LogP) is 2.08. The van der Waals surface area contributed by atoms with Crippen LogP contribution in [0.4, 0.5) is 5.69 Å². The molecule has 0 aliphatic carbocycles. The zero-order chi connectivity index (χ0) is 31.8. The maximum Gasteiger partial charge on any atom is 0.352 e. The number of β-lactam (4-membered cyclic amide) rings is 1. The third kappa shape index (κ3) is 5.88. The molecule has 0 spiro atoms. The number of fused-ring (bicyclic) bond motifs is 2. The number of benzene rings is 1. The van der Waals surface area contributed by atoms with Gasteiger partial charge >= 0.3 is 5.97 Å². The molecule has 2 aliphatic heterocycles. The summed E-state index contributed by atoms with van der Waals surface area (Å²) in [5, 5.41) is 34.2. The van der Waals surface area contributed by atoms with Crippen molar-refractivity contribution < 1.29 is 29.4 Å². The van der Waals surface area contributed by atoms with E-state index in [1.54, 1.807) is 36.4 Å². The van der Waals surface area contributed by atoms with Gasteiger partial charge in [-0.25, -0.2) is 4.79 Å². The van der Waals surface area contributed by atoms with E-state index in [0.29, 0.717) is 38.2 Å². The number of amides is 3. The molecule has 17 heteroatoms. The number of nitrogen functional groups attached to an aromatic ring is 1. The highest BCUT2D eigenvalue weighted by Gasteiger charge is 2.54. The average molecular weight is 665 g/mol. The molecule has 4 aromatic rings. The van der Waals surface area contributed by atoms with Gasteiger partial charge in [-0.05, 0) is 42.3 Å². The quantitative estimate of drug-likeness (QED) is 0.0986. The molecule has 1 aromatic carbocycles. The minimum Gasteiger partial charge on any atom is -0.505 e. The second kappa shape index (κ2) is 12.3. The number of rotatable bonds is 9. The van der Waals surface area contributed by atoms with Crippen molar-refractivity contribution in [2.24, 2.45) is 0 Å². The van der Waals surface area contributed by atoms with Crippen LogP contribution < -0.4 is 16.4 Å². The Bertz CT molecular complexity index is 1880. The number of pyridine rings is 2. The molecule has 0 bridgehead atoms. The molecule has 6 rings (SSSR count). The highest BCUT2D eigenvalue weighted by molar-refractivity contribution is 8.01. The molecule has 230 valence electrons. The molecule has 6 N–H and O–H groups in total. The summed E-state index contributed by atoms with van der Waals surface area (Å²) in [6, 6.07) is 7.15. The summed E-state index contributed by atoms with van der Waals surface area (Å²) in [5.74, 6) is -3.11. The Hall–Kier alpha value is -4.74. The number of carbonyl (C=O) groups excluding carboxylic acids is 3. The van der Waals surface area contributed by atoms with E-state index in [1.165, 1.54) is 52.2 Å². The molecular weight excluding hydrogens is 641 g/mol. The predicted molar refractivity (Wildman–Crippen MR) is 167 cm³/mol. The number of aromatic nitrogens is 4. The van der Waals surface area contributed by atoms with Gasteiger partial charge in [-0.3, -0.25) is 29.3 Å². The molecule has 14 nitrogen and oxygen atoms in total. The lowest BCUT2D eigenvalue weighted by molar-refractivity contribution is -0.151. The molecule has 2 aliphatic rings. The third-order valence-electron chi connectivity index (χ3n) is 7.08. The Morgan fingerprint density at radius 2 is 1.96 bits per heavy atom. The van der Waals surface area contributed by atoms with Crippen LogP contribution in [0.15, 0.2) is 64.4 Å². The first-order valence-corrected chi connectivity index (χ1v) is 16.2. The lowest BCUT2D eigenvalue weighted by atomic mass is 10.0. The Morgan fingerprint density at radius 1 is 1.18 bits per heavy atom. The summed E-state index contributed by atoms with van der Waals surface area (Å²) in [4.78, 5) is 62.0. The monoisotopic (exact) mass is 664 g/mol. The molecule has 3 aromatic heterocycles. The number of hydrogen-bond donors (Lipinski definition) is 5. The summed E-state index contributed by atoms with van der Waals surface area (Å²) in [5.41, 5.74) is 7.36. The second-order valence-corrected chi connectivity index (χ2v) is 13.5. The van der Waals surface area contributed by atoms with Crippen LogP contribution in [0.3, 0.4) is 0 Å². The van der Waals surface area contributed by atoms with Crippen molar-refractivity contribution in [1.29, 1.82) is 0 Å². The van der Waals surface area contributed by atoms with E-state index in [4.69, 9.17) is 5.73 Å². The van der Waals surface area contributed by atoms with Crippen molar-refractivity contribution in [3.05, 3.63) is 76.2 Å². The number of thioether (sulfide) groups is 2. The number of nitrogens with one attached hydrogen (secondary N) is 2. The van der Waals surface area contributed by atoms with Gasteiger partial charge in [0.2, 0.25) is 5.91 Å². The number of aliphatic carboxylic acids is 1. The van der Waals surface area contributed by atoms with E-state index in [9.17, 15) is 29.4 Å². The van der Waals surface area contributed by atoms with E-state index in [1.807, 2.05) is 6.92 Å². The van der Waals surface area contributed by atoms with Crippen LogP contribution in [0.2, 0.25) is 0 Å². The van der Waals surface area contributed by atoms with Gasteiger partial charge in [0.25, 0.3) is 11.8 Å². The molecule has 3 amide bonds. The minimum absolute atomic E-state index is 0.112. The summed E-state index contributed by atoms with van der Waals surface area (Å²) in [6.45, 7) is 1.82. The highest BCUT2D eigenvalue weighted by Crippen LogP contribution is 2.42. The Morgan fingerprint density at radius 3 is 2.67 bits per heavy atom. The largest absolute Gasteiger partial charge is 0.505 e. The molecular formula is C28H24N8O6S3. The standard InChI is InChI=1S/C28H24N8O6S3/c1-12-34-35-28(45-12)44-11-14-10-43-26-20(25(40)36(26)21(14)27(41)42)33-24(39)18(13-4-6-15(29)7-5-13)32-23(38)16-9-31-17-3-2-8-30-19(17)22(16)37/h2-9,18,20,26H,10-11,29H2,1H3,(H,31,37)(H,32,38)(H,33,39)(H,41,42)/t18?,20?,26-/m0/s1. The number of hydrogen-bond acceptors (Lipinski definition) is 13. The van der Waals surface area contributed by atoms with Crippen LogP contribution in [0.5, 0.6) is 5.75 Å². The van der Waals surface area contributed by atoms with Gasteiger partial charge < -0.3 is 26.6 Å². The van der Waals surface area contributed by atoms with Crippen molar-refractivity contribution in [3.8, 4) is 5.75 Å². The molecule has 3 atom stereocenters. The molecule has 2 unspecified atom stereocenters. The van der Waals surface area contributed by atoms with Gasteiger partial charge in [-0.2, -0.15) is 0 Å². The van der Waals surface area contributed by atoms with Crippen molar-refractivity contribution in [1.82, 2.24) is 35.7 Å². The zero-order valence-corrected chi connectivity index (χ0v) is 25.8. The molecule has 0 saturated carbocycles. The Kier molecular flexibility index (Phi) is 8.30. The fourth-order valence-corrected chi connectivity index (χ4v) is 8.19. The van der Waals surface area contributed by atoms with Crippen LogP contribution in [0.1, 0.15) is 27.0 Å². The lowest BCUT2D eigenvalue weighted by Gasteiger charge is -2.49. The van der Waals surface area contributed by atoms with E-state index >= 15 is 0 Å². The summed E-state index contributed by atoms with van der Waals surface area (Å²) in [6.07, 6.45) is 2.63. The fraction of sp³-hybridized carbons (Fsp3) is 0.214. The van der Waals surface area contributed by atoms with Gasteiger partial charge in [0, 0.05) is 29.6 Å². The van der Waals surface area contributed by atoms with Crippen molar-refractivity contribution in [3.63, 3.8) is 0 Å². The zero-order valence-electron chi connectivity index (χ0n) is 23.3. The third-order valence-corrected chi connectivity index (χ3v) is 10.5. The molecule has 5 heterocycles. The number of carbonyl (C=O) groups is 4. The topological polar surface area (TPSA) is 214 Å². The van der Waals surface area contributed by atoms with E-state index in [0.717, 1.165) is 5.01 Å². The van der Waals surface area contributed by atoms with Crippen LogP contribution in [-0.2, 0) is 14.4 Å². The van der Waals surface area contributed by atoms with Crippen molar-refractivity contribution in [2.75, 3.05) is 17.2 Å². The number of aromatic hydroxyl groups is 1. The number of nitrogens with zero attached hydrogens (tertiary/aromatic N) is 5. The van der Waals surface area contributed by atoms with E-state index in [2.05, 4.69) is 30.8 Å². The number of anilines is 1. The van der Waals surface area contributed by atoms with E-state index in [-0.39, 0.29) is 16.8 Å². The van der Waals surface area contributed by atoms with Gasteiger partial charge in [0.1, 0.15) is 39.2 Å². The average Bonchev–Trinajstić information content (AvgIpc) is 3.46. The lowest BCUT2D eigenvalue weighted by Crippen LogP contribution is -2.71. The van der Waals surface area contributed by atoms with Crippen molar-refractivity contribution in [2.45, 2.75) is 28.7 Å². The molecule has 45 heavy (non-hydrogen) atoms. The SMILES string of the molecule is Cc1nnc(SCC2=C(C(=O)O)N3C(=O)C(NC(=O)C(NC(=O)c4cnc5cccnc5c4O)c4ccc(N)cc4)[C@@H]3SC2)s1. The summed E-state index contributed by atoms with van der Waals surface area (Å²) in [7, 11) is 0. The van der Waals surface area contributed by atoms with Gasteiger partial charge in [0.05, 0.1) is 5.52 Å². The van der Waals surface area contributed by atoms with Crippen LogP contribution in [0, 0.1) is 6.92 Å². The van der Waals surface area contributed by atoms with Crippen LogP contribution in [-0.4, -0.2) is 81.9 Å². The summed E-state index contributed by atoms with van der Waals surface area (Å²) >= 11 is 4.07. The first-order chi connectivity index (χ1) is 21.6. The molecule has 1 saturated heterocycles. The number of carboxylic acid groups (broad SMARTS) is 1. The van der Waals surface area contributed by atoms with Gasteiger partial charge in [-0.1, -0.05) is 35.2 Å². The Labute approximate surface area is 267 Å². The number of nitrogens with two attached hydrogens (primary N) is 1. The van der Waals surface area contributed by atoms with Crippen LogP contribution in [0.25, 0.3) is 11.0 Å². The smallest absolute Gasteiger partial charge is 0.352 e. The van der Waals surface area contributed by atoms with Crippen molar-refractivity contribution >= 4 is 75.3 Å². The maximum atomic E-state index is 13.7. The first-order valence-electron chi connectivity index (χ1n) is 13.3. The maximum absolute atomic E-state index is 13.7. The minimum atomic E-state index is -1.30. The second-order valence-electron chi connectivity index (χ2n) is 9.99. The highest BCUT2D eigenvalue weighted by atomic mass is 32.2. The summed E-state index contributed by atoms with van der Waals surface area (Å²) < 4.78 is 0.691. The molecule has 0 radical (unpaired) electrons. The van der Waals surface area contributed by atoms with Crippen LogP contribution >= 0.6 is 34.9 Å². The molecule has 1 fully saturated rings.